The number of hydrogen-bond acceptors (Lipinski definition) is 5. The Bertz CT molecular complexity index is 767. The number of aliphatic hydroxyl groups excluding tert-OH is 1. The molecule has 1 aliphatic rings. The maximum absolute atomic E-state index is 12.7. The van der Waals surface area contributed by atoms with Gasteiger partial charge >= 0.3 is 0 Å². The van der Waals surface area contributed by atoms with Gasteiger partial charge in [-0.25, -0.2) is 8.42 Å². The predicted molar refractivity (Wildman–Crippen MR) is 101 cm³/mol. The SMILES string of the molecule is C[C@@H](O)CNC(=O)CNC(=O)[C@@H]1CCCN(S(=O)(=O)c2ccc(Cl)cc2)C1. The van der Waals surface area contributed by atoms with Gasteiger partial charge in [0, 0.05) is 24.7 Å². The second-order valence-corrected chi connectivity index (χ2v) is 8.90. The summed E-state index contributed by atoms with van der Waals surface area (Å²) < 4.78 is 26.8. The second-order valence-electron chi connectivity index (χ2n) is 6.53. The van der Waals surface area contributed by atoms with Gasteiger partial charge in [-0.15, -0.1) is 0 Å². The minimum atomic E-state index is -3.71. The summed E-state index contributed by atoms with van der Waals surface area (Å²) >= 11 is 5.80. The summed E-state index contributed by atoms with van der Waals surface area (Å²) in [6, 6.07) is 5.89. The number of rotatable bonds is 7. The Hall–Kier alpha value is -1.68. The van der Waals surface area contributed by atoms with E-state index in [1.165, 1.54) is 35.5 Å². The minimum absolute atomic E-state index is 0.0616. The molecule has 0 aliphatic carbocycles. The number of nitrogens with zero attached hydrogens (tertiary/aromatic N) is 1. The van der Waals surface area contributed by atoms with Gasteiger partial charge in [0.1, 0.15) is 0 Å². The molecular formula is C17H24ClN3O5S. The molecule has 1 aromatic carbocycles. The molecule has 1 aliphatic heterocycles. The Balaban J connectivity index is 1.93. The van der Waals surface area contributed by atoms with E-state index in [0.29, 0.717) is 24.4 Å². The third-order valence-corrected chi connectivity index (χ3v) is 6.36. The lowest BCUT2D eigenvalue weighted by Gasteiger charge is -2.31. The molecule has 8 nitrogen and oxygen atoms in total. The van der Waals surface area contributed by atoms with Crippen molar-refractivity contribution < 1.29 is 23.1 Å². The van der Waals surface area contributed by atoms with Crippen LogP contribution in [0, 0.1) is 5.92 Å². The van der Waals surface area contributed by atoms with E-state index < -0.39 is 28.0 Å². The highest BCUT2D eigenvalue weighted by Gasteiger charge is 2.33. The maximum atomic E-state index is 12.7. The molecule has 2 amide bonds. The van der Waals surface area contributed by atoms with Crippen LogP contribution in [0.3, 0.4) is 0 Å². The van der Waals surface area contributed by atoms with Crippen molar-refractivity contribution in [3.05, 3.63) is 29.3 Å². The van der Waals surface area contributed by atoms with Gasteiger partial charge in [0.05, 0.1) is 23.5 Å². The van der Waals surface area contributed by atoms with Crippen molar-refractivity contribution >= 4 is 33.4 Å². The van der Waals surface area contributed by atoms with Crippen LogP contribution in [-0.2, 0) is 19.6 Å². The van der Waals surface area contributed by atoms with Gasteiger partial charge in [-0.1, -0.05) is 11.6 Å². The standard InChI is InChI=1S/C17H24ClN3O5S/c1-12(22)9-19-16(23)10-20-17(24)13-3-2-8-21(11-13)27(25,26)15-6-4-14(18)5-7-15/h4-7,12-13,22H,2-3,8-11H2,1H3,(H,19,23)(H,20,24)/t12-,13-/m1/s1. The molecule has 0 saturated carbocycles. The molecule has 150 valence electrons. The van der Waals surface area contributed by atoms with Crippen LogP contribution in [0.1, 0.15) is 19.8 Å². The number of sulfonamides is 1. The van der Waals surface area contributed by atoms with Crippen molar-refractivity contribution in [2.75, 3.05) is 26.2 Å². The van der Waals surface area contributed by atoms with Crippen molar-refractivity contribution in [1.82, 2.24) is 14.9 Å². The van der Waals surface area contributed by atoms with E-state index in [2.05, 4.69) is 10.6 Å². The monoisotopic (exact) mass is 417 g/mol. The first kappa shape index (κ1) is 21.6. The number of carbonyl (C=O) groups is 2. The Morgan fingerprint density at radius 3 is 2.59 bits per heavy atom. The number of aliphatic hydroxyl groups is 1. The normalized spacial score (nSPS) is 19.3. The first-order valence-corrected chi connectivity index (χ1v) is 10.5. The van der Waals surface area contributed by atoms with Gasteiger partial charge in [-0.3, -0.25) is 9.59 Å². The van der Waals surface area contributed by atoms with Crippen molar-refractivity contribution in [1.29, 1.82) is 0 Å². The lowest BCUT2D eigenvalue weighted by atomic mass is 9.99. The fourth-order valence-electron chi connectivity index (χ4n) is 2.77. The molecule has 10 heteroatoms. The van der Waals surface area contributed by atoms with Crippen molar-refractivity contribution in [3.63, 3.8) is 0 Å². The number of amides is 2. The van der Waals surface area contributed by atoms with Crippen LogP contribution in [0.4, 0.5) is 0 Å². The minimum Gasteiger partial charge on any atom is -0.392 e. The van der Waals surface area contributed by atoms with Crippen LogP contribution in [0.2, 0.25) is 5.02 Å². The summed E-state index contributed by atoms with van der Waals surface area (Å²) in [5.41, 5.74) is 0. The third-order valence-electron chi connectivity index (χ3n) is 4.22. The van der Waals surface area contributed by atoms with E-state index in [0.717, 1.165) is 0 Å². The molecule has 3 N–H and O–H groups in total. The summed E-state index contributed by atoms with van der Waals surface area (Å²) in [5, 5.41) is 14.6. The van der Waals surface area contributed by atoms with Crippen LogP contribution in [-0.4, -0.2) is 61.9 Å². The number of piperidine rings is 1. The van der Waals surface area contributed by atoms with E-state index in [9.17, 15) is 18.0 Å². The van der Waals surface area contributed by atoms with Crippen LogP contribution in [0.25, 0.3) is 0 Å². The molecule has 0 bridgehead atoms. The number of hydrogen-bond donors (Lipinski definition) is 3. The van der Waals surface area contributed by atoms with Gasteiger partial charge in [0.25, 0.3) is 0 Å². The number of benzene rings is 1. The molecule has 1 saturated heterocycles. The van der Waals surface area contributed by atoms with Crippen molar-refractivity contribution in [2.45, 2.75) is 30.8 Å². The van der Waals surface area contributed by atoms with Crippen molar-refractivity contribution in [2.24, 2.45) is 5.92 Å². The van der Waals surface area contributed by atoms with Crippen molar-refractivity contribution in [3.8, 4) is 0 Å². The fraction of sp³-hybridized carbons (Fsp3) is 0.529. The Morgan fingerprint density at radius 2 is 1.96 bits per heavy atom. The first-order valence-electron chi connectivity index (χ1n) is 8.68. The van der Waals surface area contributed by atoms with Gasteiger partial charge in [-0.05, 0) is 44.0 Å². The van der Waals surface area contributed by atoms with E-state index in [-0.39, 0.29) is 30.4 Å². The average molecular weight is 418 g/mol. The maximum Gasteiger partial charge on any atom is 0.243 e. The van der Waals surface area contributed by atoms with Gasteiger partial charge in [-0.2, -0.15) is 4.31 Å². The summed E-state index contributed by atoms with van der Waals surface area (Å²) in [7, 11) is -3.71. The molecule has 1 aromatic rings. The highest BCUT2D eigenvalue weighted by atomic mass is 35.5. The molecule has 0 radical (unpaired) electrons. The molecular weight excluding hydrogens is 394 g/mol. The highest BCUT2D eigenvalue weighted by molar-refractivity contribution is 7.89. The molecule has 1 fully saturated rings. The first-order chi connectivity index (χ1) is 12.7. The Labute approximate surface area is 163 Å². The van der Waals surface area contributed by atoms with Crippen LogP contribution < -0.4 is 10.6 Å². The molecule has 1 heterocycles. The lowest BCUT2D eigenvalue weighted by Crippen LogP contribution is -2.47. The average Bonchev–Trinajstić information content (AvgIpc) is 2.64. The third kappa shape index (κ3) is 6.17. The highest BCUT2D eigenvalue weighted by Crippen LogP contribution is 2.24. The van der Waals surface area contributed by atoms with Gasteiger partial charge in [0.2, 0.25) is 21.8 Å². The van der Waals surface area contributed by atoms with Crippen LogP contribution in [0.15, 0.2) is 29.2 Å². The number of nitrogens with one attached hydrogen (secondary N) is 2. The Morgan fingerprint density at radius 1 is 1.30 bits per heavy atom. The molecule has 27 heavy (non-hydrogen) atoms. The topological polar surface area (TPSA) is 116 Å². The molecule has 2 atom stereocenters. The van der Waals surface area contributed by atoms with E-state index in [1.54, 1.807) is 0 Å². The Kier molecular flexibility index (Phi) is 7.60. The molecule has 0 aromatic heterocycles. The predicted octanol–water partition coefficient (Wildman–Crippen LogP) is 0.354. The van der Waals surface area contributed by atoms with E-state index in [1.807, 2.05) is 0 Å². The van der Waals surface area contributed by atoms with Gasteiger partial charge in [0.15, 0.2) is 0 Å². The van der Waals surface area contributed by atoms with Crippen LogP contribution >= 0.6 is 11.6 Å². The van der Waals surface area contributed by atoms with Crippen LogP contribution in [0.5, 0.6) is 0 Å². The zero-order chi connectivity index (χ0) is 20.0. The lowest BCUT2D eigenvalue weighted by molar-refractivity contribution is -0.129. The van der Waals surface area contributed by atoms with E-state index in [4.69, 9.17) is 16.7 Å². The van der Waals surface area contributed by atoms with E-state index >= 15 is 0 Å². The summed E-state index contributed by atoms with van der Waals surface area (Å²) in [5.74, 6) is -1.30. The zero-order valence-corrected chi connectivity index (χ0v) is 16.6. The molecule has 2 rings (SSSR count). The second kappa shape index (κ2) is 9.50. The zero-order valence-electron chi connectivity index (χ0n) is 15.0. The number of halogens is 1. The smallest absolute Gasteiger partial charge is 0.243 e. The quantitative estimate of drug-likeness (QED) is 0.592. The fourth-order valence-corrected chi connectivity index (χ4v) is 4.42. The molecule has 0 unspecified atom stereocenters. The number of carbonyl (C=O) groups excluding carboxylic acids is 2. The summed E-state index contributed by atoms with van der Waals surface area (Å²) in [4.78, 5) is 24.1. The molecule has 0 spiro atoms. The summed E-state index contributed by atoms with van der Waals surface area (Å²) in [6.45, 7) is 1.82. The summed E-state index contributed by atoms with van der Waals surface area (Å²) in [6.07, 6.45) is 0.432. The largest absolute Gasteiger partial charge is 0.392 e. The van der Waals surface area contributed by atoms with Gasteiger partial charge < -0.3 is 15.7 Å².